The van der Waals surface area contributed by atoms with E-state index in [4.69, 9.17) is 11.6 Å². The normalized spacial score (nSPS) is 54.3. The number of hydrogen-bond acceptors (Lipinski definition) is 2. The molecule has 2 nitrogen and oxygen atoms in total. The van der Waals surface area contributed by atoms with Crippen molar-refractivity contribution in [3.05, 3.63) is 11.6 Å². The molecule has 4 aliphatic carbocycles. The molecular weight excluding hydrogens is 296 g/mol. The molecule has 22 heavy (non-hydrogen) atoms. The molecule has 0 bridgehead atoms. The largest absolute Gasteiger partial charge is 0.391 e. The highest BCUT2D eigenvalue weighted by atomic mass is 35.5. The van der Waals surface area contributed by atoms with Gasteiger partial charge in [0, 0.05) is 6.42 Å². The van der Waals surface area contributed by atoms with Crippen LogP contribution in [0.1, 0.15) is 58.8 Å². The van der Waals surface area contributed by atoms with Gasteiger partial charge in [0.2, 0.25) is 0 Å². The number of fused-ring (bicyclic) bond motifs is 5. The lowest BCUT2D eigenvalue weighted by atomic mass is 9.47. The number of halogens is 1. The van der Waals surface area contributed by atoms with E-state index in [9.17, 15) is 9.90 Å². The third kappa shape index (κ3) is 1.86. The second-order valence-electron chi connectivity index (χ2n) is 8.71. The zero-order valence-corrected chi connectivity index (χ0v) is 14.4. The van der Waals surface area contributed by atoms with Crippen molar-refractivity contribution in [1.29, 1.82) is 0 Å². The molecule has 7 atom stereocenters. The first-order valence-corrected chi connectivity index (χ1v) is 9.36. The molecule has 4 aliphatic rings. The first kappa shape index (κ1) is 15.2. The maximum Gasteiger partial charge on any atom is 0.155 e. The fourth-order valence-corrected chi connectivity index (χ4v) is 6.98. The fourth-order valence-electron chi connectivity index (χ4n) is 6.50. The quantitative estimate of drug-likeness (QED) is 0.682. The Morgan fingerprint density at radius 2 is 1.95 bits per heavy atom. The molecule has 0 radical (unpaired) electrons. The number of hydrogen-bond donors (Lipinski definition) is 1. The summed E-state index contributed by atoms with van der Waals surface area (Å²) in [5, 5.41) is 10.5. The number of rotatable bonds is 0. The standard InChI is InChI=1S/C19H27ClO2/c1-18-7-5-12(21)9-11(18)3-4-13-14(18)6-8-19(2)15(13)10-16(20)17(19)22/h9,13-17,22H,3-8,10H2,1-2H3/t13-,14+,15+,16+,17+,18+,19+/m1/s1. The maximum atomic E-state index is 11.8. The molecular formula is C19H27ClO2. The van der Waals surface area contributed by atoms with Crippen LogP contribution in [0.2, 0.25) is 0 Å². The van der Waals surface area contributed by atoms with E-state index in [2.05, 4.69) is 13.8 Å². The Morgan fingerprint density at radius 1 is 1.18 bits per heavy atom. The van der Waals surface area contributed by atoms with Gasteiger partial charge in [-0.25, -0.2) is 0 Å². The Balaban J connectivity index is 1.69. The van der Waals surface area contributed by atoms with Crippen LogP contribution in [-0.4, -0.2) is 22.4 Å². The van der Waals surface area contributed by atoms with Crippen molar-refractivity contribution in [3.63, 3.8) is 0 Å². The van der Waals surface area contributed by atoms with Crippen molar-refractivity contribution >= 4 is 17.4 Å². The SMILES string of the molecule is C[C@]12CC[C@H]3[C@@H](CCC4=CC(=O)CC[C@@]43C)[C@@H]1C[C@H](Cl)[C@@H]2O. The molecule has 1 N–H and O–H groups in total. The van der Waals surface area contributed by atoms with E-state index in [0.717, 1.165) is 25.7 Å². The lowest BCUT2D eigenvalue weighted by molar-refractivity contribution is -0.118. The summed E-state index contributed by atoms with van der Waals surface area (Å²) in [7, 11) is 0. The highest BCUT2D eigenvalue weighted by molar-refractivity contribution is 6.21. The van der Waals surface area contributed by atoms with E-state index in [1.807, 2.05) is 6.08 Å². The summed E-state index contributed by atoms with van der Waals surface area (Å²) in [4.78, 5) is 11.8. The van der Waals surface area contributed by atoms with E-state index >= 15 is 0 Å². The fraction of sp³-hybridized carbons (Fsp3) is 0.842. The maximum absolute atomic E-state index is 11.8. The van der Waals surface area contributed by atoms with Crippen LogP contribution in [0.25, 0.3) is 0 Å². The summed E-state index contributed by atoms with van der Waals surface area (Å²) in [5.74, 6) is 2.23. The highest BCUT2D eigenvalue weighted by Crippen LogP contribution is 2.65. The van der Waals surface area contributed by atoms with Gasteiger partial charge in [0.1, 0.15) is 0 Å². The van der Waals surface area contributed by atoms with Gasteiger partial charge in [-0.3, -0.25) is 4.79 Å². The molecule has 0 saturated heterocycles. The summed E-state index contributed by atoms with van der Waals surface area (Å²) < 4.78 is 0. The van der Waals surface area contributed by atoms with Crippen molar-refractivity contribution in [1.82, 2.24) is 0 Å². The smallest absolute Gasteiger partial charge is 0.155 e. The number of aliphatic hydroxyl groups is 1. The molecule has 0 aromatic rings. The van der Waals surface area contributed by atoms with Crippen LogP contribution >= 0.6 is 11.6 Å². The van der Waals surface area contributed by atoms with Gasteiger partial charge in [0.05, 0.1) is 11.5 Å². The molecule has 4 rings (SSSR count). The Morgan fingerprint density at radius 3 is 2.73 bits per heavy atom. The van der Waals surface area contributed by atoms with Gasteiger partial charge in [-0.05, 0) is 73.2 Å². The third-order valence-electron chi connectivity index (χ3n) is 7.90. The van der Waals surface area contributed by atoms with Crippen LogP contribution in [0.15, 0.2) is 11.6 Å². The van der Waals surface area contributed by atoms with Crippen LogP contribution < -0.4 is 0 Å². The van der Waals surface area contributed by atoms with E-state index in [1.54, 1.807) is 0 Å². The van der Waals surface area contributed by atoms with Gasteiger partial charge in [-0.2, -0.15) is 0 Å². The molecule has 3 saturated carbocycles. The Kier molecular flexibility index (Phi) is 3.34. The Hall–Kier alpha value is -0.340. The van der Waals surface area contributed by atoms with E-state index < -0.39 is 0 Å². The number of ketones is 1. The van der Waals surface area contributed by atoms with Crippen molar-refractivity contribution in [3.8, 4) is 0 Å². The second kappa shape index (κ2) is 4.83. The minimum Gasteiger partial charge on any atom is -0.391 e. The van der Waals surface area contributed by atoms with Crippen LogP contribution in [0.5, 0.6) is 0 Å². The molecule has 0 heterocycles. The molecule has 0 amide bonds. The van der Waals surface area contributed by atoms with E-state index in [0.29, 0.717) is 30.0 Å². The molecule has 0 unspecified atom stereocenters. The summed E-state index contributed by atoms with van der Waals surface area (Å²) in [5.41, 5.74) is 1.64. The summed E-state index contributed by atoms with van der Waals surface area (Å²) in [6.45, 7) is 4.66. The summed E-state index contributed by atoms with van der Waals surface area (Å²) in [6.07, 6.45) is 8.82. The zero-order valence-electron chi connectivity index (χ0n) is 13.6. The first-order chi connectivity index (χ1) is 10.4. The lowest BCUT2D eigenvalue weighted by Gasteiger charge is -2.57. The highest BCUT2D eigenvalue weighted by Gasteiger charge is 2.60. The average Bonchev–Trinajstić information content (AvgIpc) is 2.72. The number of allylic oxidation sites excluding steroid dienone is 1. The molecule has 0 aromatic carbocycles. The molecule has 0 aliphatic heterocycles. The number of alkyl halides is 1. The van der Waals surface area contributed by atoms with Crippen molar-refractivity contribution in [2.75, 3.05) is 0 Å². The monoisotopic (exact) mass is 322 g/mol. The third-order valence-corrected chi connectivity index (χ3v) is 8.31. The van der Waals surface area contributed by atoms with Gasteiger partial charge in [0.25, 0.3) is 0 Å². The Bertz CT molecular complexity index is 542. The Labute approximate surface area is 138 Å². The predicted molar refractivity (Wildman–Crippen MR) is 87.7 cm³/mol. The lowest BCUT2D eigenvalue weighted by Crippen LogP contribution is -2.51. The molecule has 3 fully saturated rings. The van der Waals surface area contributed by atoms with E-state index in [-0.39, 0.29) is 22.3 Å². The second-order valence-corrected chi connectivity index (χ2v) is 9.27. The molecule has 0 aromatic heterocycles. The predicted octanol–water partition coefficient (Wildman–Crippen LogP) is 4.10. The van der Waals surface area contributed by atoms with Crippen molar-refractivity contribution in [2.45, 2.75) is 70.3 Å². The first-order valence-electron chi connectivity index (χ1n) is 8.92. The van der Waals surface area contributed by atoms with E-state index in [1.165, 1.54) is 18.4 Å². The number of aliphatic hydroxyl groups excluding tert-OH is 1. The minimum atomic E-state index is -0.349. The van der Waals surface area contributed by atoms with Crippen LogP contribution in [-0.2, 0) is 4.79 Å². The van der Waals surface area contributed by atoms with Gasteiger partial charge in [0.15, 0.2) is 5.78 Å². The van der Waals surface area contributed by atoms with Gasteiger partial charge >= 0.3 is 0 Å². The van der Waals surface area contributed by atoms with Gasteiger partial charge in [-0.15, -0.1) is 11.6 Å². The van der Waals surface area contributed by atoms with Crippen LogP contribution in [0.4, 0.5) is 0 Å². The van der Waals surface area contributed by atoms with Crippen LogP contribution in [0.3, 0.4) is 0 Å². The van der Waals surface area contributed by atoms with Crippen LogP contribution in [0, 0.1) is 28.6 Å². The minimum absolute atomic E-state index is 0.00957. The summed E-state index contributed by atoms with van der Waals surface area (Å²) in [6, 6.07) is 0. The molecule has 0 spiro atoms. The summed E-state index contributed by atoms with van der Waals surface area (Å²) >= 11 is 6.44. The molecule has 3 heteroatoms. The van der Waals surface area contributed by atoms with Crippen molar-refractivity contribution in [2.24, 2.45) is 28.6 Å². The number of carbonyl (C=O) groups excluding carboxylic acids is 1. The van der Waals surface area contributed by atoms with Gasteiger partial charge < -0.3 is 5.11 Å². The average molecular weight is 323 g/mol. The molecule has 122 valence electrons. The topological polar surface area (TPSA) is 37.3 Å². The van der Waals surface area contributed by atoms with Gasteiger partial charge in [-0.1, -0.05) is 19.4 Å². The zero-order chi connectivity index (χ0) is 15.7. The number of carbonyl (C=O) groups is 1. The van der Waals surface area contributed by atoms with Crippen molar-refractivity contribution < 1.29 is 9.90 Å².